The number of hydrogen-bond donors (Lipinski definition) is 1. The Morgan fingerprint density at radius 2 is 1.97 bits per heavy atom. The Labute approximate surface area is 189 Å². The van der Waals surface area contributed by atoms with Gasteiger partial charge in [0.25, 0.3) is 5.22 Å². The molecule has 0 aliphatic carbocycles. The quantitative estimate of drug-likeness (QED) is 0.392. The molecule has 0 saturated carbocycles. The number of aromatic nitrogens is 5. The van der Waals surface area contributed by atoms with Crippen molar-refractivity contribution in [2.75, 3.05) is 5.32 Å². The number of nitrogens with zero attached hydrogens (tertiary/aromatic N) is 5. The fraction of sp³-hybridized carbons (Fsp3) is 0.273. The molecule has 4 aromatic rings. The minimum absolute atomic E-state index is 0.0945. The van der Waals surface area contributed by atoms with Crippen LogP contribution in [0.5, 0.6) is 0 Å². The van der Waals surface area contributed by atoms with E-state index >= 15 is 0 Å². The Bertz CT molecular complexity index is 1200. The molecule has 0 fully saturated rings. The smallest absolute Gasteiger partial charge is 0.277 e. The maximum atomic E-state index is 12.4. The summed E-state index contributed by atoms with van der Waals surface area (Å²) in [5.41, 5.74) is 4.86. The van der Waals surface area contributed by atoms with Crippen molar-refractivity contribution >= 4 is 23.4 Å². The van der Waals surface area contributed by atoms with E-state index in [1.807, 2.05) is 39.0 Å². The molecule has 164 valence electrons. The molecule has 0 saturated heterocycles. The van der Waals surface area contributed by atoms with Crippen molar-refractivity contribution in [3.05, 3.63) is 65.1 Å². The first-order chi connectivity index (χ1) is 15.5. The molecule has 4 rings (SSSR count). The number of anilines is 1. The molecule has 0 aliphatic rings. The largest absolute Gasteiger partial charge is 0.411 e. The number of carbonyl (C=O) groups is 1. The number of pyridine rings is 1. The van der Waals surface area contributed by atoms with Gasteiger partial charge in [0.2, 0.25) is 17.7 Å². The van der Waals surface area contributed by atoms with Crippen LogP contribution in [0.1, 0.15) is 34.8 Å². The first kappa shape index (κ1) is 21.7. The maximum absolute atomic E-state index is 12.4. The van der Waals surface area contributed by atoms with Crippen molar-refractivity contribution in [2.24, 2.45) is 0 Å². The van der Waals surface area contributed by atoms with Gasteiger partial charge < -0.3 is 14.3 Å². The van der Waals surface area contributed by atoms with E-state index in [0.717, 1.165) is 22.4 Å². The Morgan fingerprint density at radius 1 is 1.16 bits per heavy atom. The van der Waals surface area contributed by atoms with Gasteiger partial charge in [0.15, 0.2) is 5.82 Å². The topological polar surface area (TPSA) is 120 Å². The van der Waals surface area contributed by atoms with Crippen molar-refractivity contribution in [1.29, 1.82) is 0 Å². The molecular formula is C22H22N6O3S. The van der Waals surface area contributed by atoms with Gasteiger partial charge in [-0.1, -0.05) is 34.6 Å². The molecule has 1 amide bonds. The van der Waals surface area contributed by atoms with Gasteiger partial charge in [-0.2, -0.15) is 4.98 Å². The van der Waals surface area contributed by atoms with E-state index in [-0.39, 0.29) is 12.3 Å². The fourth-order valence-electron chi connectivity index (χ4n) is 3.25. The van der Waals surface area contributed by atoms with E-state index < -0.39 is 0 Å². The highest BCUT2D eigenvalue weighted by Gasteiger charge is 2.14. The molecule has 3 aromatic heterocycles. The van der Waals surface area contributed by atoms with Crippen LogP contribution >= 0.6 is 11.8 Å². The third kappa shape index (κ3) is 5.38. The van der Waals surface area contributed by atoms with E-state index in [2.05, 4.69) is 30.6 Å². The number of thioether (sulfide) groups is 1. The lowest BCUT2D eigenvalue weighted by molar-refractivity contribution is -0.116. The van der Waals surface area contributed by atoms with Crippen molar-refractivity contribution in [1.82, 2.24) is 25.3 Å². The van der Waals surface area contributed by atoms with Gasteiger partial charge in [0.05, 0.1) is 11.3 Å². The summed E-state index contributed by atoms with van der Waals surface area (Å²) in [4.78, 5) is 20.7. The maximum Gasteiger partial charge on any atom is 0.277 e. The van der Waals surface area contributed by atoms with Gasteiger partial charge in [-0.25, -0.2) is 0 Å². The average molecular weight is 451 g/mol. The lowest BCUT2D eigenvalue weighted by Crippen LogP contribution is -2.14. The van der Waals surface area contributed by atoms with Crippen molar-refractivity contribution in [2.45, 2.75) is 44.6 Å². The van der Waals surface area contributed by atoms with Gasteiger partial charge in [-0.05, 0) is 44.0 Å². The number of carbonyl (C=O) groups excluding carboxylic acids is 1. The summed E-state index contributed by atoms with van der Waals surface area (Å²) >= 11 is 1.31. The molecule has 32 heavy (non-hydrogen) atoms. The van der Waals surface area contributed by atoms with Crippen LogP contribution in [0.15, 0.2) is 50.8 Å². The molecule has 0 unspecified atom stereocenters. The first-order valence-corrected chi connectivity index (χ1v) is 11.0. The van der Waals surface area contributed by atoms with Crippen LogP contribution in [-0.2, 0) is 17.0 Å². The highest BCUT2D eigenvalue weighted by Crippen LogP contribution is 2.25. The Morgan fingerprint density at radius 3 is 2.72 bits per heavy atom. The van der Waals surface area contributed by atoms with Crippen molar-refractivity contribution < 1.29 is 13.7 Å². The standard InChI is InChI=1S/C22H22N6O3S/c1-13-9-14(2)20(15(3)10-13)25-18(29)6-7-19-24-17(28-31-19)12-32-22-27-26-21(30-22)16-5-4-8-23-11-16/h4-5,8-11H,6-7,12H2,1-3H3,(H,25,29). The molecule has 9 nitrogen and oxygen atoms in total. The third-order valence-electron chi connectivity index (χ3n) is 4.66. The van der Waals surface area contributed by atoms with Crippen LogP contribution in [0.25, 0.3) is 11.5 Å². The van der Waals surface area contributed by atoms with Gasteiger partial charge >= 0.3 is 0 Å². The van der Waals surface area contributed by atoms with E-state index in [0.29, 0.717) is 35.0 Å². The number of nitrogens with one attached hydrogen (secondary N) is 1. The van der Waals surface area contributed by atoms with Gasteiger partial charge in [-0.15, -0.1) is 10.2 Å². The second-order valence-electron chi connectivity index (χ2n) is 7.33. The Kier molecular flexibility index (Phi) is 6.60. The summed E-state index contributed by atoms with van der Waals surface area (Å²) in [7, 11) is 0. The number of rotatable bonds is 8. The lowest BCUT2D eigenvalue weighted by Gasteiger charge is -2.12. The van der Waals surface area contributed by atoms with Gasteiger partial charge in [0, 0.05) is 30.9 Å². The van der Waals surface area contributed by atoms with Gasteiger partial charge in [0.1, 0.15) is 0 Å². The molecule has 10 heteroatoms. The summed E-state index contributed by atoms with van der Waals surface area (Å²) in [6.45, 7) is 6.01. The number of amides is 1. The molecule has 0 atom stereocenters. The van der Waals surface area contributed by atoms with Crippen molar-refractivity contribution in [3.8, 4) is 11.5 Å². The lowest BCUT2D eigenvalue weighted by atomic mass is 10.0. The second kappa shape index (κ2) is 9.73. The van der Waals surface area contributed by atoms with Crippen LogP contribution in [0, 0.1) is 20.8 Å². The van der Waals surface area contributed by atoms with Gasteiger partial charge in [-0.3, -0.25) is 9.78 Å². The summed E-state index contributed by atoms with van der Waals surface area (Å²) < 4.78 is 10.9. The highest BCUT2D eigenvalue weighted by atomic mass is 32.2. The predicted molar refractivity (Wildman–Crippen MR) is 119 cm³/mol. The minimum Gasteiger partial charge on any atom is -0.411 e. The molecule has 1 aromatic carbocycles. The van der Waals surface area contributed by atoms with Crippen LogP contribution in [0.4, 0.5) is 5.69 Å². The molecular weight excluding hydrogens is 428 g/mol. The zero-order valence-corrected chi connectivity index (χ0v) is 18.8. The molecule has 0 aliphatic heterocycles. The number of aryl methyl sites for hydroxylation is 4. The zero-order valence-electron chi connectivity index (χ0n) is 18.0. The normalized spacial score (nSPS) is 11.0. The monoisotopic (exact) mass is 450 g/mol. The van der Waals surface area contributed by atoms with E-state index in [9.17, 15) is 4.79 Å². The van der Waals surface area contributed by atoms with Crippen molar-refractivity contribution in [3.63, 3.8) is 0 Å². The summed E-state index contributed by atoms with van der Waals surface area (Å²) in [6.07, 6.45) is 3.95. The molecule has 1 N–H and O–H groups in total. The first-order valence-electron chi connectivity index (χ1n) is 10.0. The fourth-order valence-corrected chi connectivity index (χ4v) is 3.86. The molecule has 0 bridgehead atoms. The van der Waals surface area contributed by atoms with E-state index in [4.69, 9.17) is 8.94 Å². The molecule has 0 radical (unpaired) electrons. The minimum atomic E-state index is -0.0945. The number of hydrogen-bond acceptors (Lipinski definition) is 9. The summed E-state index contributed by atoms with van der Waals surface area (Å²) in [5.74, 6) is 1.63. The van der Waals surface area contributed by atoms with E-state index in [1.165, 1.54) is 17.3 Å². The summed E-state index contributed by atoms with van der Waals surface area (Å²) in [6, 6.07) is 7.75. The zero-order chi connectivity index (χ0) is 22.5. The van der Waals surface area contributed by atoms with Crippen LogP contribution in [-0.4, -0.2) is 31.2 Å². The second-order valence-corrected chi connectivity index (χ2v) is 8.26. The predicted octanol–water partition coefficient (Wildman–Crippen LogP) is 4.30. The summed E-state index contributed by atoms with van der Waals surface area (Å²) in [5, 5.41) is 15.4. The van der Waals surface area contributed by atoms with E-state index in [1.54, 1.807) is 18.5 Å². The van der Waals surface area contributed by atoms with Crippen LogP contribution in [0.2, 0.25) is 0 Å². The molecule has 3 heterocycles. The van der Waals surface area contributed by atoms with Crippen LogP contribution in [0.3, 0.4) is 0 Å². The average Bonchev–Trinajstić information content (AvgIpc) is 3.43. The van der Waals surface area contributed by atoms with Crippen LogP contribution < -0.4 is 5.32 Å². The Hall–Kier alpha value is -3.53. The molecule has 0 spiro atoms. The SMILES string of the molecule is Cc1cc(C)c(NC(=O)CCc2nc(CSc3nnc(-c4cccnc4)o3)no2)c(C)c1. The third-order valence-corrected chi connectivity index (χ3v) is 5.47. The Balaban J connectivity index is 1.27. The highest BCUT2D eigenvalue weighted by molar-refractivity contribution is 7.98. The number of benzene rings is 1.